The Balaban J connectivity index is 1.84. The fourth-order valence-corrected chi connectivity index (χ4v) is 1.97. The van der Waals surface area contributed by atoms with Gasteiger partial charge in [0.05, 0.1) is 12.2 Å². The molecule has 1 saturated heterocycles. The van der Waals surface area contributed by atoms with Crippen LogP contribution in [0.5, 0.6) is 0 Å². The predicted molar refractivity (Wildman–Crippen MR) is 76.9 cm³/mol. The number of hydrogen-bond donors (Lipinski definition) is 1. The van der Waals surface area contributed by atoms with E-state index >= 15 is 0 Å². The van der Waals surface area contributed by atoms with Crippen molar-refractivity contribution in [2.24, 2.45) is 5.92 Å². The lowest BCUT2D eigenvalue weighted by atomic mass is 10.1. The minimum atomic E-state index is -0.174. The first-order valence-electron chi connectivity index (χ1n) is 7.04. The van der Waals surface area contributed by atoms with Crippen LogP contribution in [-0.4, -0.2) is 70.5 Å². The van der Waals surface area contributed by atoms with Crippen molar-refractivity contribution in [2.75, 3.05) is 33.7 Å². The largest absolute Gasteiger partial charge is 0.343 e. The van der Waals surface area contributed by atoms with Crippen molar-refractivity contribution in [1.29, 1.82) is 0 Å². The molecule has 116 valence electrons. The zero-order valence-electron chi connectivity index (χ0n) is 12.9. The van der Waals surface area contributed by atoms with Crippen LogP contribution >= 0.6 is 0 Å². The van der Waals surface area contributed by atoms with Crippen molar-refractivity contribution in [3.8, 4) is 0 Å². The van der Waals surface area contributed by atoms with E-state index in [4.69, 9.17) is 0 Å². The van der Waals surface area contributed by atoms with E-state index in [0.29, 0.717) is 31.2 Å². The van der Waals surface area contributed by atoms with Crippen molar-refractivity contribution in [1.82, 2.24) is 30.1 Å². The van der Waals surface area contributed by atoms with Crippen molar-refractivity contribution >= 4 is 11.9 Å². The summed E-state index contributed by atoms with van der Waals surface area (Å²) in [6.45, 7) is 5.95. The number of urea groups is 1. The number of nitrogens with zero attached hydrogens (tertiary/aromatic N) is 5. The molecule has 3 amide bonds. The molecule has 0 aliphatic carbocycles. The van der Waals surface area contributed by atoms with E-state index in [0.717, 1.165) is 0 Å². The van der Waals surface area contributed by atoms with Crippen LogP contribution in [0.4, 0.5) is 4.79 Å². The molecule has 0 bridgehead atoms. The van der Waals surface area contributed by atoms with Crippen LogP contribution in [0.2, 0.25) is 0 Å². The lowest BCUT2D eigenvalue weighted by Crippen LogP contribution is -2.54. The third kappa shape index (κ3) is 3.50. The summed E-state index contributed by atoms with van der Waals surface area (Å²) in [6, 6.07) is 0.0377. The maximum absolute atomic E-state index is 11.8. The van der Waals surface area contributed by atoms with Gasteiger partial charge >= 0.3 is 6.03 Å². The van der Waals surface area contributed by atoms with Gasteiger partial charge in [-0.05, 0) is 5.92 Å². The third-order valence-corrected chi connectivity index (χ3v) is 3.32. The highest BCUT2D eigenvalue weighted by atomic mass is 16.2. The average Bonchev–Trinajstić information content (AvgIpc) is 2.82. The van der Waals surface area contributed by atoms with Crippen LogP contribution in [0, 0.1) is 5.92 Å². The minimum absolute atomic E-state index is 0.0512. The molecule has 2 rings (SSSR count). The normalized spacial score (nSPS) is 15.0. The summed E-state index contributed by atoms with van der Waals surface area (Å²) in [5, 5.41) is 10.7. The summed E-state index contributed by atoms with van der Waals surface area (Å²) in [6.07, 6.45) is 1.64. The smallest absolute Gasteiger partial charge is 0.317 e. The van der Waals surface area contributed by atoms with E-state index in [-0.39, 0.29) is 18.0 Å². The van der Waals surface area contributed by atoms with Gasteiger partial charge in [-0.25, -0.2) is 9.48 Å². The Morgan fingerprint density at radius 3 is 2.67 bits per heavy atom. The Morgan fingerprint density at radius 1 is 1.43 bits per heavy atom. The molecule has 1 aromatic rings. The lowest BCUT2D eigenvalue weighted by Gasteiger charge is -2.38. The fourth-order valence-electron chi connectivity index (χ4n) is 1.97. The first-order chi connectivity index (χ1) is 9.88. The summed E-state index contributed by atoms with van der Waals surface area (Å²) in [5.41, 5.74) is 0.322. The van der Waals surface area contributed by atoms with Crippen LogP contribution in [0.15, 0.2) is 6.20 Å². The number of likely N-dealkylation sites (tertiary alicyclic amines) is 1. The maximum Gasteiger partial charge on any atom is 0.317 e. The predicted octanol–water partition coefficient (Wildman–Crippen LogP) is 0.202. The number of aromatic nitrogens is 3. The molecule has 0 radical (unpaired) electrons. The maximum atomic E-state index is 11.8. The molecule has 8 heteroatoms. The minimum Gasteiger partial charge on any atom is -0.343 e. The molecule has 8 nitrogen and oxygen atoms in total. The molecule has 1 aromatic heterocycles. The molecule has 1 aliphatic rings. The Hall–Kier alpha value is -2.12. The van der Waals surface area contributed by atoms with Crippen LogP contribution in [-0.2, 0) is 0 Å². The van der Waals surface area contributed by atoms with Crippen molar-refractivity contribution < 1.29 is 9.59 Å². The molecule has 2 heterocycles. The van der Waals surface area contributed by atoms with E-state index in [2.05, 4.69) is 29.5 Å². The van der Waals surface area contributed by atoms with Crippen LogP contribution in [0.25, 0.3) is 0 Å². The summed E-state index contributed by atoms with van der Waals surface area (Å²) in [5.74, 6) is 0.257. The van der Waals surface area contributed by atoms with E-state index in [1.54, 1.807) is 29.9 Å². The van der Waals surface area contributed by atoms with Gasteiger partial charge < -0.3 is 15.1 Å². The first-order valence-corrected chi connectivity index (χ1v) is 7.04. The standard InChI is InChI=1S/C13H22N6O2/c1-9(2)5-14-13(21)18-6-10(7-18)19-8-11(15-16-19)12(20)17(3)4/h8-10H,5-7H2,1-4H3,(H,14,21). The van der Waals surface area contributed by atoms with Crippen LogP contribution in [0.1, 0.15) is 30.4 Å². The highest BCUT2D eigenvalue weighted by Crippen LogP contribution is 2.20. The zero-order valence-corrected chi connectivity index (χ0v) is 12.9. The van der Waals surface area contributed by atoms with E-state index in [1.165, 1.54) is 4.90 Å². The molecule has 1 fully saturated rings. The SMILES string of the molecule is CC(C)CNC(=O)N1CC(n2cc(C(=O)N(C)C)nn2)C1. The van der Waals surface area contributed by atoms with Gasteiger partial charge in [-0.3, -0.25) is 4.79 Å². The van der Waals surface area contributed by atoms with E-state index in [9.17, 15) is 9.59 Å². The second-order valence-corrected chi connectivity index (χ2v) is 5.92. The lowest BCUT2D eigenvalue weighted by molar-refractivity contribution is 0.0821. The van der Waals surface area contributed by atoms with Crippen molar-refractivity contribution in [3.05, 3.63) is 11.9 Å². The monoisotopic (exact) mass is 294 g/mol. The molecule has 0 saturated carbocycles. The van der Waals surface area contributed by atoms with Gasteiger partial charge in [0.25, 0.3) is 5.91 Å². The first kappa shape index (κ1) is 15.3. The second kappa shape index (κ2) is 6.11. The molecular weight excluding hydrogens is 272 g/mol. The Kier molecular flexibility index (Phi) is 4.44. The molecule has 1 N–H and O–H groups in total. The Bertz CT molecular complexity index is 518. The third-order valence-electron chi connectivity index (χ3n) is 3.32. The summed E-state index contributed by atoms with van der Waals surface area (Å²) in [7, 11) is 3.34. The Morgan fingerprint density at radius 2 is 2.10 bits per heavy atom. The summed E-state index contributed by atoms with van der Waals surface area (Å²) in [4.78, 5) is 26.7. The number of carbonyl (C=O) groups is 2. The molecule has 0 unspecified atom stereocenters. The molecule has 0 aromatic carbocycles. The van der Waals surface area contributed by atoms with Gasteiger partial charge in [-0.15, -0.1) is 5.10 Å². The van der Waals surface area contributed by atoms with E-state index in [1.807, 2.05) is 0 Å². The average molecular weight is 294 g/mol. The number of nitrogens with one attached hydrogen (secondary N) is 1. The highest BCUT2D eigenvalue weighted by Gasteiger charge is 2.33. The zero-order chi connectivity index (χ0) is 15.6. The molecule has 0 spiro atoms. The number of rotatable bonds is 4. The van der Waals surface area contributed by atoms with E-state index < -0.39 is 0 Å². The van der Waals surface area contributed by atoms with Gasteiger partial charge in [0.2, 0.25) is 0 Å². The molecule has 0 atom stereocenters. The summed E-state index contributed by atoms with van der Waals surface area (Å²) < 4.78 is 1.66. The van der Waals surface area contributed by atoms with Crippen LogP contribution < -0.4 is 5.32 Å². The van der Waals surface area contributed by atoms with Gasteiger partial charge in [0, 0.05) is 33.7 Å². The van der Waals surface area contributed by atoms with Gasteiger partial charge in [-0.1, -0.05) is 19.1 Å². The topological polar surface area (TPSA) is 83.4 Å². The highest BCUT2D eigenvalue weighted by molar-refractivity contribution is 5.91. The van der Waals surface area contributed by atoms with Crippen molar-refractivity contribution in [2.45, 2.75) is 19.9 Å². The molecule has 1 aliphatic heterocycles. The van der Waals surface area contributed by atoms with Crippen LogP contribution in [0.3, 0.4) is 0 Å². The number of carbonyl (C=O) groups excluding carboxylic acids is 2. The number of amides is 3. The number of hydrogen-bond acceptors (Lipinski definition) is 4. The molecule has 21 heavy (non-hydrogen) atoms. The summed E-state index contributed by atoms with van der Waals surface area (Å²) >= 11 is 0. The quantitative estimate of drug-likeness (QED) is 0.860. The molecular formula is C13H22N6O2. The second-order valence-electron chi connectivity index (χ2n) is 5.92. The van der Waals surface area contributed by atoms with Crippen molar-refractivity contribution in [3.63, 3.8) is 0 Å². The fraction of sp³-hybridized carbons (Fsp3) is 0.692. The van der Waals surface area contributed by atoms with Gasteiger partial charge in [-0.2, -0.15) is 0 Å². The van der Waals surface area contributed by atoms with Gasteiger partial charge in [0.15, 0.2) is 5.69 Å². The Labute approximate surface area is 124 Å². The van der Waals surface area contributed by atoms with Gasteiger partial charge in [0.1, 0.15) is 0 Å².